The van der Waals surface area contributed by atoms with Crippen LogP contribution >= 0.6 is 0 Å². The number of hydrogen-bond donors (Lipinski definition) is 2. The summed E-state index contributed by atoms with van der Waals surface area (Å²) in [6, 6.07) is 5.40. The lowest BCUT2D eigenvalue weighted by atomic mass is 10.2. The summed E-state index contributed by atoms with van der Waals surface area (Å²) in [5.41, 5.74) is 0.768. The second-order valence-electron chi connectivity index (χ2n) is 4.98. The predicted octanol–water partition coefficient (Wildman–Crippen LogP) is 2.51. The van der Waals surface area contributed by atoms with Gasteiger partial charge in [-0.1, -0.05) is 6.07 Å². The van der Waals surface area contributed by atoms with Gasteiger partial charge in [-0.25, -0.2) is 4.99 Å². The lowest BCUT2D eigenvalue weighted by molar-refractivity contribution is -0.0512. The minimum absolute atomic E-state index is 0.0188. The van der Waals surface area contributed by atoms with E-state index < -0.39 is 6.61 Å². The predicted molar refractivity (Wildman–Crippen MR) is 80.6 cm³/mol. The molecular weight excluding hydrogens is 292 g/mol. The Morgan fingerprint density at radius 3 is 2.73 bits per heavy atom. The quantitative estimate of drug-likeness (QED) is 0.600. The lowest BCUT2D eigenvalue weighted by Crippen LogP contribution is -2.38. The number of nitrogens with zero attached hydrogens (tertiary/aromatic N) is 1. The molecule has 0 heterocycles. The van der Waals surface area contributed by atoms with Crippen LogP contribution < -0.4 is 20.1 Å². The van der Waals surface area contributed by atoms with E-state index in [1.54, 1.807) is 12.1 Å². The Balaban J connectivity index is 2.06. The van der Waals surface area contributed by atoms with Gasteiger partial charge >= 0.3 is 6.61 Å². The minimum atomic E-state index is -2.89. The van der Waals surface area contributed by atoms with Crippen LogP contribution in [-0.2, 0) is 6.54 Å². The van der Waals surface area contributed by atoms with Crippen molar-refractivity contribution < 1.29 is 18.3 Å². The molecule has 122 valence electrons. The van der Waals surface area contributed by atoms with E-state index in [0.29, 0.717) is 12.6 Å². The lowest BCUT2D eigenvalue weighted by Gasteiger charge is -2.12. The van der Waals surface area contributed by atoms with Gasteiger partial charge in [0.05, 0.1) is 13.7 Å². The molecule has 1 saturated carbocycles. The molecule has 0 aromatic heterocycles. The van der Waals surface area contributed by atoms with Gasteiger partial charge in [0, 0.05) is 12.6 Å². The highest BCUT2D eigenvalue weighted by Crippen LogP contribution is 2.29. The Labute approximate surface area is 128 Å². The number of methoxy groups -OCH3 is 1. The number of ether oxygens (including phenoxy) is 2. The highest BCUT2D eigenvalue weighted by atomic mass is 19.3. The normalized spacial score (nSPS) is 14.9. The van der Waals surface area contributed by atoms with Crippen LogP contribution in [0.25, 0.3) is 0 Å². The Kier molecular flexibility index (Phi) is 5.80. The van der Waals surface area contributed by atoms with E-state index in [1.165, 1.54) is 13.2 Å². The molecule has 22 heavy (non-hydrogen) atoms. The molecule has 0 aliphatic heterocycles. The van der Waals surface area contributed by atoms with Gasteiger partial charge in [0.25, 0.3) is 0 Å². The first-order chi connectivity index (χ1) is 10.6. The number of alkyl halides is 2. The van der Waals surface area contributed by atoms with E-state index in [2.05, 4.69) is 20.4 Å². The van der Waals surface area contributed by atoms with Crippen molar-refractivity contribution in [3.63, 3.8) is 0 Å². The standard InChI is InChI=1S/C15H21F2N3O2/c1-3-18-15(20-11-5-6-11)19-9-10-4-7-12(21-2)13(8-10)22-14(16)17/h4,7-8,11,14H,3,5-6,9H2,1-2H3,(H2,18,19,20). The summed E-state index contributed by atoms with van der Waals surface area (Å²) < 4.78 is 34.3. The van der Waals surface area contributed by atoms with Crippen LogP contribution in [0.2, 0.25) is 0 Å². The van der Waals surface area contributed by atoms with Gasteiger partial charge in [0.2, 0.25) is 0 Å². The van der Waals surface area contributed by atoms with Crippen LogP contribution in [0.5, 0.6) is 11.5 Å². The number of nitrogens with one attached hydrogen (secondary N) is 2. The van der Waals surface area contributed by atoms with Gasteiger partial charge in [-0.2, -0.15) is 8.78 Å². The summed E-state index contributed by atoms with van der Waals surface area (Å²) in [4.78, 5) is 4.45. The second-order valence-corrected chi connectivity index (χ2v) is 4.98. The molecule has 0 atom stereocenters. The number of aliphatic imine (C=N–C) groups is 1. The number of guanidine groups is 1. The summed E-state index contributed by atoms with van der Waals surface area (Å²) in [7, 11) is 1.41. The van der Waals surface area contributed by atoms with E-state index in [0.717, 1.165) is 30.9 Å². The van der Waals surface area contributed by atoms with Gasteiger partial charge in [-0.05, 0) is 37.5 Å². The van der Waals surface area contributed by atoms with Crippen molar-refractivity contribution >= 4 is 5.96 Å². The molecule has 0 radical (unpaired) electrons. The summed E-state index contributed by atoms with van der Waals surface area (Å²) in [6.45, 7) is 0.236. The fraction of sp³-hybridized carbons (Fsp3) is 0.533. The molecule has 7 heteroatoms. The molecule has 1 aliphatic rings. The molecule has 1 fully saturated rings. The van der Waals surface area contributed by atoms with Gasteiger partial charge in [0.15, 0.2) is 17.5 Å². The SMILES string of the molecule is CCNC(=NCc1ccc(OC)c(OC(F)F)c1)NC1CC1. The van der Waals surface area contributed by atoms with Crippen LogP contribution in [0.15, 0.2) is 23.2 Å². The Hall–Kier alpha value is -2.05. The molecule has 5 nitrogen and oxygen atoms in total. The zero-order valence-electron chi connectivity index (χ0n) is 12.7. The molecule has 1 aromatic carbocycles. The Morgan fingerprint density at radius 1 is 1.36 bits per heavy atom. The van der Waals surface area contributed by atoms with Gasteiger partial charge in [-0.3, -0.25) is 0 Å². The molecule has 0 bridgehead atoms. The van der Waals surface area contributed by atoms with E-state index in [9.17, 15) is 8.78 Å². The maximum atomic E-state index is 12.4. The largest absolute Gasteiger partial charge is 0.493 e. The number of halogens is 2. The zero-order chi connectivity index (χ0) is 15.9. The molecule has 1 aliphatic carbocycles. The highest BCUT2D eigenvalue weighted by molar-refractivity contribution is 5.80. The molecule has 0 unspecified atom stereocenters. The number of benzene rings is 1. The van der Waals surface area contributed by atoms with E-state index in [4.69, 9.17) is 4.74 Å². The van der Waals surface area contributed by atoms with Crippen molar-refractivity contribution in [1.29, 1.82) is 0 Å². The monoisotopic (exact) mass is 313 g/mol. The summed E-state index contributed by atoms with van der Waals surface area (Å²) in [6.07, 6.45) is 2.30. The first-order valence-corrected chi connectivity index (χ1v) is 7.29. The Morgan fingerprint density at radius 2 is 2.14 bits per heavy atom. The van der Waals surface area contributed by atoms with E-state index in [1.807, 2.05) is 6.92 Å². The van der Waals surface area contributed by atoms with Crippen LogP contribution in [0.1, 0.15) is 25.3 Å². The molecule has 2 N–H and O–H groups in total. The summed E-state index contributed by atoms with van der Waals surface area (Å²) in [5, 5.41) is 6.45. The maximum Gasteiger partial charge on any atom is 0.387 e. The third kappa shape index (κ3) is 5.05. The van der Waals surface area contributed by atoms with Crippen molar-refractivity contribution in [3.05, 3.63) is 23.8 Å². The molecular formula is C15H21F2N3O2. The topological polar surface area (TPSA) is 54.9 Å². The van der Waals surface area contributed by atoms with Gasteiger partial charge < -0.3 is 20.1 Å². The smallest absolute Gasteiger partial charge is 0.387 e. The summed E-state index contributed by atoms with van der Waals surface area (Å²) >= 11 is 0. The van der Waals surface area contributed by atoms with Crippen molar-refractivity contribution in [2.24, 2.45) is 4.99 Å². The first kappa shape index (κ1) is 16.3. The van der Waals surface area contributed by atoms with Crippen molar-refractivity contribution in [2.75, 3.05) is 13.7 Å². The van der Waals surface area contributed by atoms with E-state index >= 15 is 0 Å². The third-order valence-electron chi connectivity index (χ3n) is 3.13. The van der Waals surface area contributed by atoms with E-state index in [-0.39, 0.29) is 11.5 Å². The van der Waals surface area contributed by atoms with Crippen molar-refractivity contribution in [3.8, 4) is 11.5 Å². The second kappa shape index (κ2) is 7.82. The van der Waals surface area contributed by atoms with Gasteiger partial charge in [0.1, 0.15) is 0 Å². The molecule has 0 amide bonds. The number of hydrogen-bond acceptors (Lipinski definition) is 3. The molecule has 1 aromatic rings. The van der Waals surface area contributed by atoms with Crippen LogP contribution in [-0.4, -0.2) is 32.3 Å². The van der Waals surface area contributed by atoms with Crippen molar-refractivity contribution in [1.82, 2.24) is 10.6 Å². The van der Waals surface area contributed by atoms with Crippen LogP contribution in [0, 0.1) is 0 Å². The fourth-order valence-corrected chi connectivity index (χ4v) is 1.92. The number of rotatable bonds is 7. The average Bonchev–Trinajstić information content (AvgIpc) is 3.28. The fourth-order valence-electron chi connectivity index (χ4n) is 1.92. The molecule has 0 spiro atoms. The van der Waals surface area contributed by atoms with Crippen LogP contribution in [0.3, 0.4) is 0 Å². The van der Waals surface area contributed by atoms with Gasteiger partial charge in [-0.15, -0.1) is 0 Å². The first-order valence-electron chi connectivity index (χ1n) is 7.29. The zero-order valence-corrected chi connectivity index (χ0v) is 12.7. The van der Waals surface area contributed by atoms with Crippen molar-refractivity contribution in [2.45, 2.75) is 39.0 Å². The average molecular weight is 313 g/mol. The highest BCUT2D eigenvalue weighted by Gasteiger charge is 2.22. The Bertz CT molecular complexity index is 520. The third-order valence-corrected chi connectivity index (χ3v) is 3.13. The maximum absolute atomic E-state index is 12.4. The minimum Gasteiger partial charge on any atom is -0.493 e. The van der Waals surface area contributed by atoms with Crippen LogP contribution in [0.4, 0.5) is 8.78 Å². The molecule has 2 rings (SSSR count). The summed E-state index contributed by atoms with van der Waals surface area (Å²) in [5.74, 6) is 1.03. The molecule has 0 saturated heterocycles.